The Morgan fingerprint density at radius 2 is 2.00 bits per heavy atom. The van der Waals surface area contributed by atoms with Crippen LogP contribution in [0.1, 0.15) is 26.2 Å². The number of hydrogen-bond donors (Lipinski definition) is 2. The van der Waals surface area contributed by atoms with Crippen molar-refractivity contribution in [3.8, 4) is 0 Å². The summed E-state index contributed by atoms with van der Waals surface area (Å²) in [6, 6.07) is -0.0124. The van der Waals surface area contributed by atoms with Crippen molar-refractivity contribution in [2.24, 2.45) is 5.41 Å². The lowest BCUT2D eigenvalue weighted by atomic mass is 9.98. The Balaban J connectivity index is 2.54. The number of carbonyl (C=O) groups is 1. The van der Waals surface area contributed by atoms with Gasteiger partial charge in [0.25, 0.3) is 5.91 Å². The zero-order valence-corrected chi connectivity index (χ0v) is 16.0. The Labute approximate surface area is 164 Å². The van der Waals surface area contributed by atoms with Gasteiger partial charge in [-0.2, -0.15) is 0 Å². The van der Waals surface area contributed by atoms with Crippen LogP contribution in [0.2, 0.25) is 0 Å². The van der Waals surface area contributed by atoms with Crippen molar-refractivity contribution in [1.29, 1.82) is 0 Å². The summed E-state index contributed by atoms with van der Waals surface area (Å²) >= 11 is 0. The second-order valence-electron chi connectivity index (χ2n) is 6.35. The van der Waals surface area contributed by atoms with E-state index in [2.05, 4.69) is 35.5 Å². The highest BCUT2D eigenvalue weighted by atomic mass is 19.4. The van der Waals surface area contributed by atoms with Gasteiger partial charge in [0.15, 0.2) is 0 Å². The van der Waals surface area contributed by atoms with E-state index in [9.17, 15) is 18.0 Å². The van der Waals surface area contributed by atoms with Crippen LogP contribution in [-0.4, -0.2) is 24.9 Å². The van der Waals surface area contributed by atoms with Gasteiger partial charge in [0.1, 0.15) is 0 Å². The molecule has 1 amide bonds. The summed E-state index contributed by atoms with van der Waals surface area (Å²) in [4.78, 5) is 12.4. The molecule has 0 heterocycles. The molecule has 4 nitrogen and oxygen atoms in total. The molecule has 1 fully saturated rings. The van der Waals surface area contributed by atoms with Gasteiger partial charge in [-0.05, 0) is 49.1 Å². The lowest BCUT2D eigenvalue weighted by Crippen LogP contribution is -2.31. The van der Waals surface area contributed by atoms with Gasteiger partial charge in [-0.25, -0.2) is 0 Å². The standard InChI is InChI=1S/C21H27F3N2O2/c1-4-7-8-9-13-25-14-12-20(6-3)16-18(20)26-19(27)17(10-5-2)11-15-28-21(22,23)24/h4-5,7-11,13,15,18,25H,1-2,6,12,14,16H2,3H3,(H,26,27)/b8-7-,13-9+,15-11+,17-10+. The maximum atomic E-state index is 12.4. The summed E-state index contributed by atoms with van der Waals surface area (Å²) in [6.45, 7) is 9.88. The van der Waals surface area contributed by atoms with Gasteiger partial charge in [-0.1, -0.05) is 44.4 Å². The lowest BCUT2D eigenvalue weighted by Gasteiger charge is -2.16. The van der Waals surface area contributed by atoms with Gasteiger partial charge in [0.05, 0.1) is 6.26 Å². The van der Waals surface area contributed by atoms with Gasteiger partial charge in [-0.3, -0.25) is 4.79 Å². The molecule has 28 heavy (non-hydrogen) atoms. The van der Waals surface area contributed by atoms with E-state index in [1.54, 1.807) is 6.08 Å². The third-order valence-electron chi connectivity index (χ3n) is 4.55. The molecular formula is C21H27F3N2O2. The van der Waals surface area contributed by atoms with Gasteiger partial charge in [-0.15, -0.1) is 13.2 Å². The molecule has 7 heteroatoms. The Bertz CT molecular complexity index is 663. The number of halogens is 3. The molecule has 0 bridgehead atoms. The van der Waals surface area contributed by atoms with Crippen molar-refractivity contribution < 1.29 is 22.7 Å². The van der Waals surface area contributed by atoms with Crippen LogP contribution in [-0.2, 0) is 9.53 Å². The fourth-order valence-corrected chi connectivity index (χ4v) is 2.83. The molecule has 1 aliphatic rings. The first-order valence-corrected chi connectivity index (χ1v) is 9.00. The quantitative estimate of drug-likeness (QED) is 0.218. The Morgan fingerprint density at radius 3 is 2.61 bits per heavy atom. The van der Waals surface area contributed by atoms with E-state index in [0.717, 1.165) is 31.9 Å². The Hall–Kier alpha value is -2.70. The third-order valence-corrected chi connectivity index (χ3v) is 4.55. The molecule has 0 aromatic rings. The van der Waals surface area contributed by atoms with Crippen molar-refractivity contribution >= 4 is 5.91 Å². The Morgan fingerprint density at radius 1 is 1.25 bits per heavy atom. The monoisotopic (exact) mass is 396 g/mol. The molecule has 0 aromatic carbocycles. The van der Waals surface area contributed by atoms with Crippen molar-refractivity contribution in [2.75, 3.05) is 6.54 Å². The molecule has 2 unspecified atom stereocenters. The zero-order valence-electron chi connectivity index (χ0n) is 16.0. The predicted octanol–water partition coefficient (Wildman–Crippen LogP) is 4.67. The normalized spacial score (nSPS) is 22.6. The molecule has 0 aromatic heterocycles. The molecule has 2 N–H and O–H groups in total. The van der Waals surface area contributed by atoms with Crippen molar-refractivity contribution in [2.45, 2.75) is 38.6 Å². The maximum absolute atomic E-state index is 12.4. The summed E-state index contributed by atoms with van der Waals surface area (Å²) in [5, 5.41) is 6.08. The van der Waals surface area contributed by atoms with Gasteiger partial charge < -0.3 is 15.4 Å². The smallest absolute Gasteiger partial charge is 0.414 e. The molecule has 0 aliphatic heterocycles. The Kier molecular flexibility index (Phi) is 9.35. The van der Waals surface area contributed by atoms with E-state index in [-0.39, 0.29) is 17.0 Å². The molecular weight excluding hydrogens is 369 g/mol. The second-order valence-corrected chi connectivity index (χ2v) is 6.35. The van der Waals surface area contributed by atoms with Crippen LogP contribution >= 0.6 is 0 Å². The topological polar surface area (TPSA) is 50.4 Å². The first-order valence-electron chi connectivity index (χ1n) is 9.00. The number of rotatable bonds is 12. The minimum Gasteiger partial charge on any atom is -0.414 e. The highest BCUT2D eigenvalue weighted by Gasteiger charge is 2.52. The van der Waals surface area contributed by atoms with E-state index < -0.39 is 12.3 Å². The summed E-state index contributed by atoms with van der Waals surface area (Å²) in [5.41, 5.74) is 0.0464. The number of ether oxygens (including phenoxy) is 1. The highest BCUT2D eigenvalue weighted by Crippen LogP contribution is 2.51. The van der Waals surface area contributed by atoms with Crippen LogP contribution in [0.3, 0.4) is 0 Å². The van der Waals surface area contributed by atoms with Crippen molar-refractivity contribution in [1.82, 2.24) is 10.6 Å². The molecule has 0 radical (unpaired) electrons. The summed E-state index contributed by atoms with van der Waals surface area (Å²) < 4.78 is 39.8. The van der Waals surface area contributed by atoms with Crippen LogP contribution in [0.4, 0.5) is 13.2 Å². The van der Waals surface area contributed by atoms with E-state index in [1.165, 1.54) is 12.2 Å². The van der Waals surface area contributed by atoms with Crippen LogP contribution < -0.4 is 10.6 Å². The zero-order chi connectivity index (χ0) is 21.0. The van der Waals surface area contributed by atoms with Gasteiger partial charge >= 0.3 is 6.36 Å². The van der Waals surface area contributed by atoms with Crippen molar-refractivity contribution in [3.05, 3.63) is 73.7 Å². The SMILES string of the molecule is C=C/C=C\C=C\NCCC1(CC)CC1NC(=O)C(/C=C/OC(F)(F)F)=C/C=C. The van der Waals surface area contributed by atoms with Crippen LogP contribution in [0.5, 0.6) is 0 Å². The van der Waals surface area contributed by atoms with Gasteiger partial charge in [0, 0.05) is 18.2 Å². The highest BCUT2D eigenvalue weighted by molar-refractivity contribution is 5.96. The number of hydrogen-bond acceptors (Lipinski definition) is 3. The molecule has 1 saturated carbocycles. The number of alkyl halides is 3. The fourth-order valence-electron chi connectivity index (χ4n) is 2.83. The number of amides is 1. The molecule has 1 aliphatic carbocycles. The van der Waals surface area contributed by atoms with E-state index >= 15 is 0 Å². The minimum absolute atomic E-state index is 0.00106. The first-order chi connectivity index (χ1) is 13.3. The second kappa shape index (κ2) is 11.2. The number of allylic oxidation sites excluding steroid dienone is 6. The number of carbonyl (C=O) groups excluding carboxylic acids is 1. The third kappa shape index (κ3) is 8.33. The molecule has 154 valence electrons. The van der Waals surface area contributed by atoms with Crippen molar-refractivity contribution in [3.63, 3.8) is 0 Å². The molecule has 0 spiro atoms. The average Bonchev–Trinajstić information content (AvgIpc) is 3.32. The van der Waals surface area contributed by atoms with Crippen LogP contribution in [0, 0.1) is 5.41 Å². The fraction of sp³-hybridized carbons (Fsp3) is 0.381. The number of nitrogens with one attached hydrogen (secondary N) is 2. The van der Waals surface area contributed by atoms with Crippen LogP contribution in [0.15, 0.2) is 73.7 Å². The van der Waals surface area contributed by atoms with Gasteiger partial charge in [0.2, 0.25) is 0 Å². The average molecular weight is 396 g/mol. The minimum atomic E-state index is -4.79. The maximum Gasteiger partial charge on any atom is 0.572 e. The summed E-state index contributed by atoms with van der Waals surface area (Å²) in [7, 11) is 0. The largest absolute Gasteiger partial charge is 0.572 e. The first kappa shape index (κ1) is 23.3. The predicted molar refractivity (Wildman–Crippen MR) is 105 cm³/mol. The summed E-state index contributed by atoms with van der Waals surface area (Å²) in [6.07, 6.45) is 11.0. The molecule has 1 rings (SSSR count). The van der Waals surface area contributed by atoms with Crippen LogP contribution in [0.25, 0.3) is 0 Å². The molecule has 0 saturated heterocycles. The van der Waals surface area contributed by atoms with E-state index in [0.29, 0.717) is 6.26 Å². The summed E-state index contributed by atoms with van der Waals surface area (Å²) in [5.74, 6) is -0.454. The lowest BCUT2D eigenvalue weighted by molar-refractivity contribution is -0.298. The van der Waals surface area contributed by atoms with E-state index in [1.807, 2.05) is 24.4 Å². The van der Waals surface area contributed by atoms with E-state index in [4.69, 9.17) is 0 Å². The molecule has 2 atom stereocenters.